The Hall–Kier alpha value is -4.88. The molecule has 6 heteroatoms. The molecule has 0 aromatic heterocycles. The Bertz CT molecular complexity index is 2150. The first kappa shape index (κ1) is 33.6. The highest BCUT2D eigenvalue weighted by Gasteiger charge is 2.27. The van der Waals surface area contributed by atoms with Crippen LogP contribution in [0.25, 0.3) is 21.5 Å². The average molecular weight is 695 g/mol. The predicted molar refractivity (Wildman–Crippen MR) is 211 cm³/mol. The molecule has 0 bridgehead atoms. The van der Waals surface area contributed by atoms with Gasteiger partial charge in [-0.05, 0) is 74.2 Å². The van der Waals surface area contributed by atoms with Crippen LogP contribution >= 0.6 is 18.1 Å². The van der Waals surface area contributed by atoms with Crippen LogP contribution in [-0.2, 0) is 0 Å². The summed E-state index contributed by atoms with van der Waals surface area (Å²) in [5, 5.41) is 4.39. The van der Waals surface area contributed by atoms with Gasteiger partial charge in [-0.25, -0.2) is 0 Å². The van der Waals surface area contributed by atoms with Crippen molar-refractivity contribution in [1.82, 2.24) is 0 Å². The monoisotopic (exact) mass is 694 g/mol. The topological polar surface area (TPSA) is 36.9 Å². The van der Waals surface area contributed by atoms with Crippen molar-refractivity contribution in [2.75, 3.05) is 0 Å². The Balaban J connectivity index is 1.27. The van der Waals surface area contributed by atoms with Crippen LogP contribution in [0.5, 0.6) is 23.0 Å². The largest absolute Gasteiger partial charge is 0.440 e. The Morgan fingerprint density at radius 3 is 1.34 bits per heavy atom. The number of aryl methyl sites for hydroxylation is 5. The Morgan fingerprint density at radius 2 is 0.860 bits per heavy atom. The minimum absolute atomic E-state index is 0.178. The quantitative estimate of drug-likeness (QED) is 0.0998. The molecule has 0 amide bonds. The van der Waals surface area contributed by atoms with Gasteiger partial charge >= 0.3 is 0 Å². The second kappa shape index (κ2) is 14.9. The van der Waals surface area contributed by atoms with Gasteiger partial charge in [0, 0.05) is 27.8 Å². The van der Waals surface area contributed by atoms with Crippen molar-refractivity contribution in [2.24, 2.45) is 0 Å². The molecule has 50 heavy (non-hydrogen) atoms. The standard InChI is InChI=1S/C44H40O4P2/c1-28-20-22-35(23-21-28)42(38-26-29(2)24-31(4)43(38)47-49-45-40-18-10-14-33-12-6-8-16-36(33)40)39-27-30(3)25-32(5)44(39)48-50-46-41-19-11-15-34-13-7-9-17-37(34)41/h6-27,42,49-50H,1-5H3. The van der Waals surface area contributed by atoms with E-state index in [1.54, 1.807) is 0 Å². The summed E-state index contributed by atoms with van der Waals surface area (Å²) in [7, 11) is -0.471. The van der Waals surface area contributed by atoms with Crippen LogP contribution in [0.1, 0.15) is 50.4 Å². The molecule has 0 aliphatic heterocycles. The van der Waals surface area contributed by atoms with Gasteiger partial charge in [-0.2, -0.15) is 0 Å². The normalized spacial score (nSPS) is 12.3. The Kier molecular flexibility index (Phi) is 10.0. The third kappa shape index (κ3) is 7.19. The fraction of sp³-hybridized carbons (Fsp3) is 0.136. The zero-order valence-corrected chi connectivity index (χ0v) is 30.9. The van der Waals surface area contributed by atoms with Gasteiger partial charge in [0.15, 0.2) is 0 Å². The number of hydrogen-bond donors (Lipinski definition) is 0. The number of rotatable bonds is 11. The second-order valence-electron chi connectivity index (χ2n) is 12.9. The van der Waals surface area contributed by atoms with E-state index in [1.807, 2.05) is 48.5 Å². The second-order valence-corrected chi connectivity index (χ2v) is 14.0. The van der Waals surface area contributed by atoms with Gasteiger partial charge in [0.1, 0.15) is 23.0 Å². The van der Waals surface area contributed by atoms with Crippen molar-refractivity contribution < 1.29 is 18.1 Å². The lowest BCUT2D eigenvalue weighted by Gasteiger charge is -2.26. The predicted octanol–water partition coefficient (Wildman–Crippen LogP) is 12.6. The molecule has 0 N–H and O–H groups in total. The van der Waals surface area contributed by atoms with Crippen LogP contribution in [0.3, 0.4) is 0 Å². The van der Waals surface area contributed by atoms with E-state index in [2.05, 4.69) is 120 Å². The van der Waals surface area contributed by atoms with E-state index in [0.717, 1.165) is 83.5 Å². The lowest BCUT2D eigenvalue weighted by atomic mass is 9.81. The van der Waals surface area contributed by atoms with Gasteiger partial charge in [0.25, 0.3) is 18.1 Å². The maximum Gasteiger partial charge on any atom is 0.275 e. The highest BCUT2D eigenvalue weighted by molar-refractivity contribution is 7.27. The molecule has 0 saturated heterocycles. The van der Waals surface area contributed by atoms with Crippen molar-refractivity contribution in [3.05, 3.63) is 178 Å². The molecule has 4 nitrogen and oxygen atoms in total. The van der Waals surface area contributed by atoms with E-state index >= 15 is 0 Å². The molecule has 7 aromatic carbocycles. The summed E-state index contributed by atoms with van der Waals surface area (Å²) in [5.74, 6) is 3.07. The van der Waals surface area contributed by atoms with Gasteiger partial charge < -0.3 is 18.1 Å². The number of benzene rings is 7. The zero-order valence-electron chi connectivity index (χ0n) is 28.9. The maximum atomic E-state index is 6.65. The van der Waals surface area contributed by atoms with Crippen LogP contribution in [0.2, 0.25) is 0 Å². The highest BCUT2D eigenvalue weighted by Crippen LogP contribution is 2.47. The third-order valence-electron chi connectivity index (χ3n) is 9.02. The molecule has 0 fully saturated rings. The van der Waals surface area contributed by atoms with E-state index < -0.39 is 0 Å². The van der Waals surface area contributed by atoms with Crippen molar-refractivity contribution in [3.63, 3.8) is 0 Å². The average Bonchev–Trinajstić information content (AvgIpc) is 3.11. The zero-order chi connectivity index (χ0) is 34.6. The van der Waals surface area contributed by atoms with Crippen LogP contribution in [0.15, 0.2) is 133 Å². The molecule has 250 valence electrons. The van der Waals surface area contributed by atoms with Crippen molar-refractivity contribution in [2.45, 2.75) is 40.5 Å². The lowest BCUT2D eigenvalue weighted by Crippen LogP contribution is -2.09. The minimum atomic E-state index is -0.235. The summed E-state index contributed by atoms with van der Waals surface area (Å²) in [5.41, 5.74) is 8.91. The van der Waals surface area contributed by atoms with Crippen molar-refractivity contribution >= 4 is 39.6 Å². The molecule has 2 atom stereocenters. The van der Waals surface area contributed by atoms with E-state index in [-0.39, 0.29) is 24.0 Å². The van der Waals surface area contributed by atoms with Gasteiger partial charge in [-0.1, -0.05) is 138 Å². The summed E-state index contributed by atoms with van der Waals surface area (Å²) >= 11 is 0. The first-order valence-electron chi connectivity index (χ1n) is 16.8. The molecular weight excluding hydrogens is 654 g/mol. The first-order chi connectivity index (χ1) is 24.4. The van der Waals surface area contributed by atoms with Crippen LogP contribution in [0, 0.1) is 34.6 Å². The Morgan fingerprint density at radius 1 is 0.420 bits per heavy atom. The molecule has 0 aliphatic carbocycles. The highest BCUT2D eigenvalue weighted by atomic mass is 31.1. The van der Waals surface area contributed by atoms with E-state index in [1.165, 1.54) is 5.56 Å². The van der Waals surface area contributed by atoms with Gasteiger partial charge in [-0.15, -0.1) is 0 Å². The molecule has 0 radical (unpaired) electrons. The molecule has 7 aromatic rings. The Labute approximate surface area is 298 Å². The van der Waals surface area contributed by atoms with Crippen molar-refractivity contribution in [3.8, 4) is 23.0 Å². The fourth-order valence-corrected chi connectivity index (χ4v) is 8.10. The van der Waals surface area contributed by atoms with Gasteiger partial charge in [-0.3, -0.25) is 0 Å². The SMILES string of the molecule is Cc1ccc(C(c2cc(C)cc(C)c2OPOc2cccc3ccccc23)c2cc(C)cc(C)c2OPOc2cccc3ccccc23)cc1. The molecule has 0 saturated carbocycles. The summed E-state index contributed by atoms with van der Waals surface area (Å²) in [4.78, 5) is 0. The summed E-state index contributed by atoms with van der Waals surface area (Å²) in [6, 6.07) is 46.3. The molecule has 2 unspecified atom stereocenters. The van der Waals surface area contributed by atoms with Crippen LogP contribution in [0.4, 0.5) is 0 Å². The van der Waals surface area contributed by atoms with Crippen LogP contribution < -0.4 is 18.1 Å². The smallest absolute Gasteiger partial charge is 0.275 e. The van der Waals surface area contributed by atoms with E-state index in [9.17, 15) is 0 Å². The van der Waals surface area contributed by atoms with Crippen molar-refractivity contribution in [1.29, 1.82) is 0 Å². The van der Waals surface area contributed by atoms with Gasteiger partial charge in [0.05, 0.1) is 0 Å². The molecule has 0 spiro atoms. The summed E-state index contributed by atoms with van der Waals surface area (Å²) < 4.78 is 25.9. The van der Waals surface area contributed by atoms with Crippen LogP contribution in [-0.4, -0.2) is 0 Å². The molecule has 0 aliphatic rings. The third-order valence-corrected chi connectivity index (χ3v) is 10.2. The first-order valence-corrected chi connectivity index (χ1v) is 18.4. The number of hydrogen-bond acceptors (Lipinski definition) is 4. The lowest BCUT2D eigenvalue weighted by molar-refractivity contribution is 0.506. The number of fused-ring (bicyclic) bond motifs is 2. The maximum absolute atomic E-state index is 6.65. The molecule has 7 rings (SSSR count). The van der Waals surface area contributed by atoms with E-state index in [0.29, 0.717) is 0 Å². The molecular formula is C44H40O4P2. The van der Waals surface area contributed by atoms with Gasteiger partial charge in [0.2, 0.25) is 0 Å². The summed E-state index contributed by atoms with van der Waals surface area (Å²) in [6.45, 7) is 10.6. The fourth-order valence-electron chi connectivity index (χ4n) is 6.75. The molecule has 0 heterocycles. The van der Waals surface area contributed by atoms with E-state index in [4.69, 9.17) is 18.1 Å². The summed E-state index contributed by atoms with van der Waals surface area (Å²) in [6.07, 6.45) is 0. The minimum Gasteiger partial charge on any atom is -0.440 e.